The number of hydrogen-bond acceptors (Lipinski definition) is 3. The fraction of sp³-hybridized carbons (Fsp3) is 0.667. The number of nitrogen functional groups attached to an aromatic ring is 1. The molecule has 0 saturated carbocycles. The lowest BCUT2D eigenvalue weighted by atomic mass is 10.0. The van der Waals surface area contributed by atoms with E-state index in [1.165, 1.54) is 102 Å². The first kappa shape index (κ1) is 27.0. The van der Waals surface area contributed by atoms with E-state index in [-0.39, 0.29) is 0 Å². The maximum absolute atomic E-state index is 9.10. The second-order valence-electron chi connectivity index (χ2n) is 7.70. The summed E-state index contributed by atoms with van der Waals surface area (Å²) in [4.78, 5) is 18.2. The minimum absolute atomic E-state index is 0.870. The molecule has 0 aliphatic rings. The van der Waals surface area contributed by atoms with Crippen LogP contribution in [-0.4, -0.2) is 22.2 Å². The SMILES string of the molecule is CCCCCCCCCCCCCCCCc1ccc(N)cc1.O=C(O)C(=O)O. The zero-order valence-corrected chi connectivity index (χ0v) is 18.2. The lowest BCUT2D eigenvalue weighted by Crippen LogP contribution is -2.09. The van der Waals surface area contributed by atoms with Gasteiger partial charge in [0, 0.05) is 5.69 Å². The third-order valence-corrected chi connectivity index (χ3v) is 4.98. The lowest BCUT2D eigenvalue weighted by molar-refractivity contribution is -0.159. The molecule has 0 amide bonds. The van der Waals surface area contributed by atoms with Gasteiger partial charge in [-0.25, -0.2) is 9.59 Å². The summed E-state index contributed by atoms with van der Waals surface area (Å²) >= 11 is 0. The zero-order valence-electron chi connectivity index (χ0n) is 18.2. The summed E-state index contributed by atoms with van der Waals surface area (Å²) in [5, 5.41) is 14.8. The Morgan fingerprint density at radius 3 is 1.34 bits per heavy atom. The molecular formula is C24H41NO4. The Balaban J connectivity index is 0.00000113. The normalized spacial score (nSPS) is 10.2. The Bertz CT molecular complexity index is 516. The Hall–Kier alpha value is -2.04. The number of hydrogen-bond donors (Lipinski definition) is 3. The van der Waals surface area contributed by atoms with Crippen molar-refractivity contribution in [2.45, 2.75) is 103 Å². The third-order valence-electron chi connectivity index (χ3n) is 4.98. The van der Waals surface area contributed by atoms with Crippen molar-refractivity contribution in [3.05, 3.63) is 29.8 Å². The van der Waals surface area contributed by atoms with Gasteiger partial charge < -0.3 is 15.9 Å². The standard InChI is InChI=1S/C22H39N.C2H2O4/c1-2-3-4-5-6-7-8-9-10-11-12-13-14-15-16-21-17-19-22(23)20-18-21;3-1(4)2(5)6/h17-20H,2-16,23H2,1H3;(H,3,4)(H,5,6). The van der Waals surface area contributed by atoms with Crippen molar-refractivity contribution in [3.63, 3.8) is 0 Å². The van der Waals surface area contributed by atoms with Crippen LogP contribution in [0.15, 0.2) is 24.3 Å². The number of nitrogens with two attached hydrogens (primary N) is 1. The molecule has 1 aromatic carbocycles. The van der Waals surface area contributed by atoms with E-state index in [9.17, 15) is 0 Å². The van der Waals surface area contributed by atoms with Crippen LogP contribution in [0.5, 0.6) is 0 Å². The van der Waals surface area contributed by atoms with E-state index >= 15 is 0 Å². The van der Waals surface area contributed by atoms with Crippen LogP contribution in [-0.2, 0) is 16.0 Å². The van der Waals surface area contributed by atoms with Crippen LogP contribution in [0.4, 0.5) is 5.69 Å². The van der Waals surface area contributed by atoms with E-state index < -0.39 is 11.9 Å². The summed E-state index contributed by atoms with van der Waals surface area (Å²) in [7, 11) is 0. The van der Waals surface area contributed by atoms with E-state index in [2.05, 4.69) is 19.1 Å². The topological polar surface area (TPSA) is 101 Å². The molecule has 1 rings (SSSR count). The highest BCUT2D eigenvalue weighted by Gasteiger charge is 2.04. The molecule has 0 spiro atoms. The molecular weight excluding hydrogens is 366 g/mol. The number of aryl methyl sites for hydroxylation is 1. The van der Waals surface area contributed by atoms with Gasteiger partial charge in [-0.3, -0.25) is 0 Å². The molecule has 166 valence electrons. The number of anilines is 1. The molecule has 0 aliphatic heterocycles. The fourth-order valence-electron chi connectivity index (χ4n) is 3.21. The third kappa shape index (κ3) is 19.1. The predicted octanol–water partition coefficient (Wildman–Crippen LogP) is 6.45. The van der Waals surface area contributed by atoms with Crippen LogP contribution in [0.3, 0.4) is 0 Å². The van der Waals surface area contributed by atoms with Gasteiger partial charge in [0.2, 0.25) is 0 Å². The summed E-state index contributed by atoms with van der Waals surface area (Å²) < 4.78 is 0. The first-order valence-corrected chi connectivity index (χ1v) is 11.3. The second kappa shape index (κ2) is 19.3. The Morgan fingerprint density at radius 1 is 0.655 bits per heavy atom. The van der Waals surface area contributed by atoms with Gasteiger partial charge in [0.25, 0.3) is 0 Å². The fourth-order valence-corrected chi connectivity index (χ4v) is 3.21. The van der Waals surface area contributed by atoms with Crippen molar-refractivity contribution in [1.29, 1.82) is 0 Å². The van der Waals surface area contributed by atoms with Crippen molar-refractivity contribution in [1.82, 2.24) is 0 Å². The largest absolute Gasteiger partial charge is 0.473 e. The zero-order chi connectivity index (χ0) is 21.7. The van der Waals surface area contributed by atoms with Crippen LogP contribution in [0.2, 0.25) is 0 Å². The molecule has 0 atom stereocenters. The van der Waals surface area contributed by atoms with Crippen molar-refractivity contribution in [2.75, 3.05) is 5.73 Å². The number of carbonyl (C=O) groups is 2. The predicted molar refractivity (Wildman–Crippen MR) is 120 cm³/mol. The molecule has 0 fully saturated rings. The van der Waals surface area contributed by atoms with E-state index in [0.717, 1.165) is 5.69 Å². The highest BCUT2D eigenvalue weighted by Crippen LogP contribution is 2.14. The van der Waals surface area contributed by atoms with Crippen LogP contribution < -0.4 is 5.73 Å². The molecule has 0 heterocycles. The number of rotatable bonds is 15. The average Bonchev–Trinajstić information content (AvgIpc) is 2.70. The first-order chi connectivity index (χ1) is 14.0. The smallest absolute Gasteiger partial charge is 0.414 e. The van der Waals surface area contributed by atoms with Gasteiger partial charge in [-0.05, 0) is 30.5 Å². The summed E-state index contributed by atoms with van der Waals surface area (Å²) in [6.07, 6.45) is 21.2. The van der Waals surface area contributed by atoms with E-state index in [1.807, 2.05) is 12.1 Å². The number of carboxylic acids is 2. The highest BCUT2D eigenvalue weighted by atomic mass is 16.4. The molecule has 5 heteroatoms. The van der Waals surface area contributed by atoms with Crippen molar-refractivity contribution in [3.8, 4) is 0 Å². The molecule has 1 aromatic rings. The first-order valence-electron chi connectivity index (χ1n) is 11.3. The van der Waals surface area contributed by atoms with Gasteiger partial charge in [-0.1, -0.05) is 103 Å². The van der Waals surface area contributed by atoms with Crippen LogP contribution in [0, 0.1) is 0 Å². The molecule has 0 aliphatic carbocycles. The monoisotopic (exact) mass is 407 g/mol. The summed E-state index contributed by atoms with van der Waals surface area (Å²) in [5.41, 5.74) is 8.01. The van der Waals surface area contributed by atoms with Crippen molar-refractivity contribution >= 4 is 17.6 Å². The van der Waals surface area contributed by atoms with Crippen molar-refractivity contribution in [2.24, 2.45) is 0 Å². The van der Waals surface area contributed by atoms with Gasteiger partial charge in [0.15, 0.2) is 0 Å². The molecule has 0 bridgehead atoms. The lowest BCUT2D eigenvalue weighted by Gasteiger charge is -2.04. The molecule has 5 nitrogen and oxygen atoms in total. The number of aliphatic carboxylic acids is 2. The molecule has 29 heavy (non-hydrogen) atoms. The highest BCUT2D eigenvalue weighted by molar-refractivity contribution is 6.27. The van der Waals surface area contributed by atoms with Gasteiger partial charge in [0.05, 0.1) is 0 Å². The molecule has 0 saturated heterocycles. The van der Waals surface area contributed by atoms with Crippen LogP contribution >= 0.6 is 0 Å². The number of carboxylic acid groups (broad SMARTS) is 2. The molecule has 0 unspecified atom stereocenters. The minimum Gasteiger partial charge on any atom is -0.473 e. The minimum atomic E-state index is -1.82. The van der Waals surface area contributed by atoms with Gasteiger partial charge in [-0.15, -0.1) is 0 Å². The summed E-state index contributed by atoms with van der Waals surface area (Å²) in [5.74, 6) is -3.65. The van der Waals surface area contributed by atoms with Gasteiger partial charge in [-0.2, -0.15) is 0 Å². The molecule has 0 aromatic heterocycles. The Labute approximate surface area is 176 Å². The number of benzene rings is 1. The molecule has 0 radical (unpaired) electrons. The van der Waals surface area contributed by atoms with Crippen molar-refractivity contribution < 1.29 is 19.8 Å². The van der Waals surface area contributed by atoms with Gasteiger partial charge in [0.1, 0.15) is 0 Å². The van der Waals surface area contributed by atoms with E-state index in [1.54, 1.807) is 0 Å². The average molecular weight is 408 g/mol. The van der Waals surface area contributed by atoms with Gasteiger partial charge >= 0.3 is 11.9 Å². The Morgan fingerprint density at radius 2 is 1.00 bits per heavy atom. The van der Waals surface area contributed by atoms with Crippen LogP contribution in [0.1, 0.15) is 102 Å². The Kier molecular flexibility index (Phi) is 17.9. The van der Waals surface area contributed by atoms with Crippen LogP contribution in [0.25, 0.3) is 0 Å². The quantitative estimate of drug-likeness (QED) is 0.176. The number of unbranched alkanes of at least 4 members (excludes halogenated alkanes) is 13. The van der Waals surface area contributed by atoms with E-state index in [0.29, 0.717) is 0 Å². The summed E-state index contributed by atoms with van der Waals surface area (Å²) in [6.45, 7) is 2.29. The molecule has 4 N–H and O–H groups in total. The summed E-state index contributed by atoms with van der Waals surface area (Å²) in [6, 6.07) is 8.35. The second-order valence-corrected chi connectivity index (χ2v) is 7.70. The maximum Gasteiger partial charge on any atom is 0.414 e. The maximum atomic E-state index is 9.10. The van der Waals surface area contributed by atoms with E-state index in [4.69, 9.17) is 25.5 Å².